The molecule has 0 aliphatic heterocycles. The van der Waals surface area contributed by atoms with Gasteiger partial charge in [0.15, 0.2) is 0 Å². The van der Waals surface area contributed by atoms with Crippen molar-refractivity contribution >= 4 is 35.5 Å². The highest BCUT2D eigenvalue weighted by Crippen LogP contribution is 2.50. The standard InChI is InChI=1S/C26H24O2P2.C8H18O6/c27-29(23-13-5-1-6-14-23,24-15-7-2-8-16-24)21-22-30(28,25-17-9-3-10-18-25)26-19-11-4-12-20-26;1-5-7(3,11-9)13-14-8(4,6-2)12-10/h1-20H,21-22H2;9-10H,5-6H2,1-4H3/t;7-,8+. The lowest BCUT2D eigenvalue weighted by molar-refractivity contribution is -0.566. The fraction of sp³-hybridized carbons (Fsp3) is 0.294. The summed E-state index contributed by atoms with van der Waals surface area (Å²) in [5.41, 5.74) is 0. The van der Waals surface area contributed by atoms with E-state index < -0.39 is 25.9 Å². The fourth-order valence-electron chi connectivity index (χ4n) is 4.23. The van der Waals surface area contributed by atoms with E-state index in [0.717, 1.165) is 21.2 Å². The van der Waals surface area contributed by atoms with E-state index in [1.165, 1.54) is 13.8 Å². The first-order valence-corrected chi connectivity index (χ1v) is 18.3. The summed E-state index contributed by atoms with van der Waals surface area (Å²) in [6.45, 7) is 6.45. The van der Waals surface area contributed by atoms with Crippen LogP contribution in [-0.2, 0) is 28.7 Å². The van der Waals surface area contributed by atoms with E-state index in [9.17, 15) is 9.13 Å². The lowest BCUT2D eigenvalue weighted by Crippen LogP contribution is -2.38. The van der Waals surface area contributed by atoms with Crippen molar-refractivity contribution in [2.45, 2.75) is 52.1 Å². The summed E-state index contributed by atoms with van der Waals surface area (Å²) in [6.07, 6.45) is 1.44. The quantitative estimate of drug-likeness (QED) is 0.0646. The number of rotatable bonds is 14. The summed E-state index contributed by atoms with van der Waals surface area (Å²) in [7, 11) is -5.87. The van der Waals surface area contributed by atoms with Gasteiger partial charge in [0.2, 0.25) is 11.6 Å². The van der Waals surface area contributed by atoms with E-state index in [4.69, 9.17) is 20.3 Å². The molecule has 0 spiro atoms. The van der Waals surface area contributed by atoms with Gasteiger partial charge in [0, 0.05) is 46.4 Å². The molecule has 0 heterocycles. The van der Waals surface area contributed by atoms with E-state index in [-0.39, 0.29) is 0 Å². The maximum Gasteiger partial charge on any atom is 0.230 e. The average molecular weight is 641 g/mol. The molecule has 4 aromatic rings. The van der Waals surface area contributed by atoms with Crippen LogP contribution in [0.5, 0.6) is 0 Å². The summed E-state index contributed by atoms with van der Waals surface area (Å²) in [6, 6.07) is 38.4. The molecule has 236 valence electrons. The number of hydrogen-bond acceptors (Lipinski definition) is 8. The Labute approximate surface area is 260 Å². The van der Waals surface area contributed by atoms with Crippen molar-refractivity contribution in [2.75, 3.05) is 12.3 Å². The van der Waals surface area contributed by atoms with Gasteiger partial charge in [0.25, 0.3) is 0 Å². The van der Waals surface area contributed by atoms with Crippen molar-refractivity contribution in [3.05, 3.63) is 121 Å². The number of benzene rings is 4. The minimum Gasteiger partial charge on any atom is -0.314 e. The summed E-state index contributed by atoms with van der Waals surface area (Å²) < 4.78 is 28.8. The summed E-state index contributed by atoms with van der Waals surface area (Å²) >= 11 is 0. The van der Waals surface area contributed by atoms with Crippen molar-refractivity contribution in [3.8, 4) is 0 Å². The van der Waals surface area contributed by atoms with Crippen LogP contribution in [0.25, 0.3) is 0 Å². The molecule has 0 aromatic heterocycles. The third-order valence-electron chi connectivity index (χ3n) is 7.49. The van der Waals surface area contributed by atoms with Crippen LogP contribution in [0.15, 0.2) is 121 Å². The Balaban J connectivity index is 0.000000321. The zero-order valence-electron chi connectivity index (χ0n) is 25.6. The van der Waals surface area contributed by atoms with Crippen LogP contribution in [0.1, 0.15) is 40.5 Å². The molecule has 0 aliphatic rings. The minimum absolute atomic E-state index is 0.349. The second kappa shape index (κ2) is 16.4. The molecule has 0 saturated carbocycles. The van der Waals surface area contributed by atoms with Crippen LogP contribution < -0.4 is 21.2 Å². The van der Waals surface area contributed by atoms with Crippen molar-refractivity contribution in [1.82, 2.24) is 0 Å². The molecular formula is C34H42O8P2. The minimum atomic E-state index is -2.93. The third kappa shape index (κ3) is 9.07. The van der Waals surface area contributed by atoms with Crippen LogP contribution in [-0.4, -0.2) is 34.4 Å². The lowest BCUT2D eigenvalue weighted by atomic mass is 10.2. The van der Waals surface area contributed by atoms with E-state index in [1.54, 1.807) is 13.8 Å². The largest absolute Gasteiger partial charge is 0.314 e. The molecule has 0 saturated heterocycles. The maximum atomic E-state index is 14.4. The van der Waals surface area contributed by atoms with Gasteiger partial charge in [-0.25, -0.2) is 20.3 Å². The molecule has 4 rings (SSSR count). The molecule has 0 radical (unpaired) electrons. The van der Waals surface area contributed by atoms with Crippen LogP contribution in [0.3, 0.4) is 0 Å². The molecule has 0 aliphatic carbocycles. The summed E-state index contributed by atoms with van der Waals surface area (Å²) in [5.74, 6) is -2.54. The Hall–Kier alpha value is -2.90. The first-order chi connectivity index (χ1) is 21.1. The fourth-order valence-corrected chi connectivity index (χ4v) is 10.7. The Morgan fingerprint density at radius 2 is 0.727 bits per heavy atom. The van der Waals surface area contributed by atoms with E-state index >= 15 is 0 Å². The maximum absolute atomic E-state index is 14.4. The highest BCUT2D eigenvalue weighted by Gasteiger charge is 2.34. The van der Waals surface area contributed by atoms with Gasteiger partial charge in [-0.05, 0) is 13.8 Å². The Bertz CT molecular complexity index is 1280. The van der Waals surface area contributed by atoms with E-state index in [1.807, 2.05) is 121 Å². The van der Waals surface area contributed by atoms with Crippen molar-refractivity contribution in [3.63, 3.8) is 0 Å². The second-order valence-corrected chi connectivity index (χ2v) is 16.5. The first kappa shape index (κ1) is 35.6. The first-order valence-electron chi connectivity index (χ1n) is 14.5. The zero-order chi connectivity index (χ0) is 32.1. The topological polar surface area (TPSA) is 112 Å². The Morgan fingerprint density at radius 3 is 0.909 bits per heavy atom. The molecule has 0 unspecified atom stereocenters. The van der Waals surface area contributed by atoms with E-state index in [0.29, 0.717) is 25.2 Å². The average Bonchev–Trinajstić information content (AvgIpc) is 3.11. The molecule has 8 nitrogen and oxygen atoms in total. The monoisotopic (exact) mass is 640 g/mol. The van der Waals surface area contributed by atoms with Crippen LogP contribution in [0.4, 0.5) is 0 Å². The highest BCUT2D eigenvalue weighted by atomic mass is 31.2. The molecule has 2 N–H and O–H groups in total. The normalized spacial score (nSPS) is 14.5. The van der Waals surface area contributed by atoms with Crippen molar-refractivity contribution < 1.29 is 39.2 Å². The SMILES string of the molecule is CC[C@@](C)(OO)OO[C@](C)(CC)OO.O=P(CCP(=O)(c1ccccc1)c1ccccc1)(c1ccccc1)c1ccccc1. The van der Waals surface area contributed by atoms with Crippen LogP contribution in [0.2, 0.25) is 0 Å². The van der Waals surface area contributed by atoms with Crippen LogP contribution in [0, 0.1) is 0 Å². The molecule has 2 atom stereocenters. The molecule has 0 amide bonds. The third-order valence-corrected chi connectivity index (χ3v) is 14.1. The number of hydrogen-bond donors (Lipinski definition) is 2. The zero-order valence-corrected chi connectivity index (χ0v) is 27.4. The molecule has 4 aromatic carbocycles. The Morgan fingerprint density at radius 1 is 0.500 bits per heavy atom. The molecule has 44 heavy (non-hydrogen) atoms. The lowest BCUT2D eigenvalue weighted by Gasteiger charge is -2.29. The van der Waals surface area contributed by atoms with E-state index in [2.05, 4.69) is 9.78 Å². The summed E-state index contributed by atoms with van der Waals surface area (Å²) in [4.78, 5) is 17.8. The van der Waals surface area contributed by atoms with Crippen LogP contribution >= 0.6 is 14.3 Å². The molecular weight excluding hydrogens is 598 g/mol. The molecule has 0 bridgehead atoms. The van der Waals surface area contributed by atoms with Crippen molar-refractivity contribution in [2.24, 2.45) is 0 Å². The van der Waals surface area contributed by atoms with Gasteiger partial charge < -0.3 is 9.13 Å². The molecule has 10 heteroatoms. The van der Waals surface area contributed by atoms with Gasteiger partial charge >= 0.3 is 0 Å². The van der Waals surface area contributed by atoms with Crippen molar-refractivity contribution in [1.29, 1.82) is 0 Å². The highest BCUT2D eigenvalue weighted by molar-refractivity contribution is 7.82. The van der Waals surface area contributed by atoms with Gasteiger partial charge in [-0.1, -0.05) is 135 Å². The predicted octanol–water partition coefficient (Wildman–Crippen LogP) is 7.18. The van der Waals surface area contributed by atoms with Gasteiger partial charge in [-0.3, -0.25) is 0 Å². The van der Waals surface area contributed by atoms with Gasteiger partial charge in [0.1, 0.15) is 14.3 Å². The van der Waals surface area contributed by atoms with Gasteiger partial charge in [-0.15, -0.1) is 0 Å². The Kier molecular flexibility index (Phi) is 13.3. The second-order valence-electron chi connectivity index (χ2n) is 10.6. The van der Waals surface area contributed by atoms with Gasteiger partial charge in [0.05, 0.1) is 0 Å². The molecule has 0 fully saturated rings. The van der Waals surface area contributed by atoms with Gasteiger partial charge in [-0.2, -0.15) is 9.78 Å². The smallest absolute Gasteiger partial charge is 0.230 e. The predicted molar refractivity (Wildman–Crippen MR) is 176 cm³/mol. The summed E-state index contributed by atoms with van der Waals surface area (Å²) in [5, 5.41) is 20.3.